The highest BCUT2D eigenvalue weighted by Gasteiger charge is 2.46. The van der Waals surface area contributed by atoms with Crippen molar-refractivity contribution in [3.05, 3.63) is 59.2 Å². The first kappa shape index (κ1) is 28.0. The predicted molar refractivity (Wildman–Crippen MR) is 125 cm³/mol. The van der Waals surface area contributed by atoms with Crippen LogP contribution in [0.15, 0.2) is 42.5 Å². The standard InChI is InChI=1S/C27H31F6NO2/c1-4-36-25(35)20(13-16(2)3)19-14-18(17-9-6-5-7-10-17)15-21(24(19)27(31,32)33)22-11-8-12-23(34-22)26(28,29)30/h5-7,9-10,14-16,20,22-23,34H,4,8,11-13H2,1-3H3. The lowest BCUT2D eigenvalue weighted by Gasteiger charge is -2.35. The van der Waals surface area contributed by atoms with E-state index in [1.54, 1.807) is 51.1 Å². The van der Waals surface area contributed by atoms with Gasteiger partial charge in [0.25, 0.3) is 0 Å². The number of rotatable bonds is 7. The number of benzene rings is 2. The third-order valence-corrected chi connectivity index (χ3v) is 6.40. The minimum Gasteiger partial charge on any atom is -0.466 e. The van der Waals surface area contributed by atoms with Gasteiger partial charge < -0.3 is 4.74 Å². The molecule has 3 atom stereocenters. The maximum absolute atomic E-state index is 14.7. The van der Waals surface area contributed by atoms with E-state index >= 15 is 0 Å². The minimum absolute atomic E-state index is 0.00252. The van der Waals surface area contributed by atoms with Crippen LogP contribution >= 0.6 is 0 Å². The Morgan fingerprint density at radius 1 is 1.03 bits per heavy atom. The summed E-state index contributed by atoms with van der Waals surface area (Å²) >= 11 is 0. The Balaban J connectivity index is 2.30. The Morgan fingerprint density at radius 3 is 2.25 bits per heavy atom. The molecule has 0 saturated carbocycles. The zero-order chi connectivity index (χ0) is 26.7. The molecule has 9 heteroatoms. The molecule has 1 fully saturated rings. The molecule has 0 spiro atoms. The maximum atomic E-state index is 14.7. The quantitative estimate of drug-likeness (QED) is 0.302. The summed E-state index contributed by atoms with van der Waals surface area (Å²) in [6.45, 7) is 5.15. The van der Waals surface area contributed by atoms with Crippen molar-refractivity contribution in [2.24, 2.45) is 5.92 Å². The van der Waals surface area contributed by atoms with Crippen LogP contribution in [0.3, 0.4) is 0 Å². The molecule has 2 aromatic rings. The summed E-state index contributed by atoms with van der Waals surface area (Å²) in [5, 5.41) is 2.42. The summed E-state index contributed by atoms with van der Waals surface area (Å²) in [4.78, 5) is 12.9. The molecule has 36 heavy (non-hydrogen) atoms. The fraction of sp³-hybridized carbons (Fsp3) is 0.519. The highest BCUT2D eigenvalue weighted by molar-refractivity contribution is 5.80. The maximum Gasteiger partial charge on any atom is 0.417 e. The monoisotopic (exact) mass is 515 g/mol. The molecule has 0 aliphatic carbocycles. The molecule has 0 aromatic heterocycles. The molecule has 198 valence electrons. The van der Waals surface area contributed by atoms with E-state index in [-0.39, 0.29) is 49.3 Å². The number of piperidine rings is 1. The van der Waals surface area contributed by atoms with E-state index in [0.29, 0.717) is 11.1 Å². The number of hydrogen-bond donors (Lipinski definition) is 1. The van der Waals surface area contributed by atoms with Crippen LogP contribution in [0.5, 0.6) is 0 Å². The van der Waals surface area contributed by atoms with Crippen LogP contribution in [-0.4, -0.2) is 24.8 Å². The largest absolute Gasteiger partial charge is 0.466 e. The number of halogens is 6. The molecule has 1 aliphatic heterocycles. The first-order valence-electron chi connectivity index (χ1n) is 12.1. The van der Waals surface area contributed by atoms with Crippen LogP contribution in [0.25, 0.3) is 11.1 Å². The van der Waals surface area contributed by atoms with E-state index in [4.69, 9.17) is 4.74 Å². The van der Waals surface area contributed by atoms with Crippen LogP contribution in [-0.2, 0) is 15.7 Å². The number of esters is 1. The molecule has 3 unspecified atom stereocenters. The first-order chi connectivity index (χ1) is 16.8. The normalized spacial score (nSPS) is 19.8. The molecule has 0 bridgehead atoms. The molecular formula is C27H31F6NO2. The van der Waals surface area contributed by atoms with Gasteiger partial charge in [0.1, 0.15) is 6.04 Å². The number of alkyl halides is 6. The van der Waals surface area contributed by atoms with Gasteiger partial charge in [0.2, 0.25) is 0 Å². The van der Waals surface area contributed by atoms with Crippen molar-refractivity contribution < 1.29 is 35.9 Å². The summed E-state index contributed by atoms with van der Waals surface area (Å²) < 4.78 is 89.7. The third kappa shape index (κ3) is 6.60. The van der Waals surface area contributed by atoms with Crippen molar-refractivity contribution in [1.82, 2.24) is 5.32 Å². The van der Waals surface area contributed by atoms with E-state index in [1.165, 1.54) is 12.1 Å². The van der Waals surface area contributed by atoms with Gasteiger partial charge in [0, 0.05) is 6.04 Å². The van der Waals surface area contributed by atoms with Gasteiger partial charge in [-0.25, -0.2) is 0 Å². The topological polar surface area (TPSA) is 38.3 Å². The van der Waals surface area contributed by atoms with Crippen molar-refractivity contribution >= 4 is 5.97 Å². The molecule has 1 saturated heterocycles. The van der Waals surface area contributed by atoms with Crippen molar-refractivity contribution in [3.8, 4) is 11.1 Å². The second kappa shape index (κ2) is 11.2. The van der Waals surface area contributed by atoms with Crippen LogP contribution in [0.4, 0.5) is 26.3 Å². The zero-order valence-electron chi connectivity index (χ0n) is 20.5. The number of carbonyl (C=O) groups is 1. The Morgan fingerprint density at radius 2 is 1.69 bits per heavy atom. The fourth-order valence-corrected chi connectivity index (χ4v) is 4.87. The number of ether oxygens (including phenoxy) is 1. The summed E-state index contributed by atoms with van der Waals surface area (Å²) in [6.07, 6.45) is -9.34. The smallest absolute Gasteiger partial charge is 0.417 e. The lowest BCUT2D eigenvalue weighted by Crippen LogP contribution is -2.47. The lowest BCUT2D eigenvalue weighted by atomic mass is 9.80. The molecule has 3 nitrogen and oxygen atoms in total. The molecule has 2 aromatic carbocycles. The van der Waals surface area contributed by atoms with Gasteiger partial charge in [-0.1, -0.05) is 44.2 Å². The van der Waals surface area contributed by atoms with E-state index in [9.17, 15) is 31.1 Å². The number of carbonyl (C=O) groups excluding carboxylic acids is 1. The van der Waals surface area contributed by atoms with E-state index in [1.807, 2.05) is 0 Å². The SMILES string of the molecule is CCOC(=O)C(CC(C)C)c1cc(-c2ccccc2)cc(C2CCCC(C(F)(F)F)N2)c1C(F)(F)F. The second-order valence-electron chi connectivity index (χ2n) is 9.57. The molecule has 0 amide bonds. The zero-order valence-corrected chi connectivity index (χ0v) is 20.5. The van der Waals surface area contributed by atoms with E-state index in [0.717, 1.165) is 0 Å². The van der Waals surface area contributed by atoms with Crippen molar-refractivity contribution in [1.29, 1.82) is 0 Å². The Bertz CT molecular complexity index is 1030. The average Bonchev–Trinajstić information content (AvgIpc) is 2.81. The Hall–Kier alpha value is -2.55. The van der Waals surface area contributed by atoms with Gasteiger partial charge in [-0.05, 0) is 72.9 Å². The van der Waals surface area contributed by atoms with Crippen LogP contribution in [0.1, 0.15) is 75.1 Å². The molecule has 0 radical (unpaired) electrons. The van der Waals surface area contributed by atoms with Crippen molar-refractivity contribution in [2.45, 2.75) is 76.8 Å². The van der Waals surface area contributed by atoms with Gasteiger partial charge in [-0.3, -0.25) is 10.1 Å². The lowest BCUT2D eigenvalue weighted by molar-refractivity contribution is -0.163. The van der Waals surface area contributed by atoms with Crippen LogP contribution < -0.4 is 5.32 Å². The summed E-state index contributed by atoms with van der Waals surface area (Å²) in [7, 11) is 0. The summed E-state index contributed by atoms with van der Waals surface area (Å²) in [6, 6.07) is 8.21. The summed E-state index contributed by atoms with van der Waals surface area (Å²) in [5.41, 5.74) is -0.583. The summed E-state index contributed by atoms with van der Waals surface area (Å²) in [5.74, 6) is -2.13. The van der Waals surface area contributed by atoms with Crippen molar-refractivity contribution in [3.63, 3.8) is 0 Å². The van der Waals surface area contributed by atoms with Gasteiger partial charge in [-0.2, -0.15) is 26.3 Å². The van der Waals surface area contributed by atoms with Gasteiger partial charge in [0.05, 0.1) is 18.1 Å². The average molecular weight is 516 g/mol. The molecular weight excluding hydrogens is 484 g/mol. The van der Waals surface area contributed by atoms with Gasteiger partial charge >= 0.3 is 18.3 Å². The second-order valence-corrected chi connectivity index (χ2v) is 9.57. The first-order valence-corrected chi connectivity index (χ1v) is 12.1. The molecule has 1 heterocycles. The van der Waals surface area contributed by atoms with E-state index in [2.05, 4.69) is 5.32 Å². The van der Waals surface area contributed by atoms with Gasteiger partial charge in [0.15, 0.2) is 0 Å². The molecule has 1 aliphatic rings. The highest BCUT2D eigenvalue weighted by atomic mass is 19.4. The highest BCUT2D eigenvalue weighted by Crippen LogP contribution is 2.46. The van der Waals surface area contributed by atoms with Crippen LogP contribution in [0, 0.1) is 5.92 Å². The fourth-order valence-electron chi connectivity index (χ4n) is 4.87. The predicted octanol–water partition coefficient (Wildman–Crippen LogP) is 7.81. The van der Waals surface area contributed by atoms with Crippen molar-refractivity contribution in [2.75, 3.05) is 6.61 Å². The minimum atomic E-state index is -4.89. The van der Waals surface area contributed by atoms with E-state index < -0.39 is 41.9 Å². The molecule has 1 N–H and O–H groups in total. The third-order valence-electron chi connectivity index (χ3n) is 6.40. The number of nitrogens with one attached hydrogen (secondary N) is 1. The van der Waals surface area contributed by atoms with Gasteiger partial charge in [-0.15, -0.1) is 0 Å². The Kier molecular flexibility index (Phi) is 8.75. The number of hydrogen-bond acceptors (Lipinski definition) is 3. The van der Waals surface area contributed by atoms with Crippen LogP contribution in [0.2, 0.25) is 0 Å². The Labute approximate surface area is 207 Å². The molecule has 3 rings (SSSR count).